The lowest BCUT2D eigenvalue weighted by Crippen LogP contribution is -2.32. The first-order valence-electron chi connectivity index (χ1n) is 14.1. The molecule has 0 unspecified atom stereocenters. The minimum Gasteiger partial charge on any atom is -0.497 e. The second kappa shape index (κ2) is 11.7. The van der Waals surface area contributed by atoms with Gasteiger partial charge in [0.15, 0.2) is 17.3 Å². The maximum absolute atomic E-state index is 13.4. The summed E-state index contributed by atoms with van der Waals surface area (Å²) in [6.07, 6.45) is 0.733. The smallest absolute Gasteiger partial charge is 0.252 e. The van der Waals surface area contributed by atoms with Crippen LogP contribution in [0.4, 0.5) is 0 Å². The molecule has 0 aliphatic carbocycles. The Balaban J connectivity index is 1.36. The fourth-order valence-corrected chi connectivity index (χ4v) is 5.53. The van der Waals surface area contributed by atoms with Crippen LogP contribution in [0.2, 0.25) is 0 Å². The zero-order valence-corrected chi connectivity index (χ0v) is 24.3. The van der Waals surface area contributed by atoms with Gasteiger partial charge in [-0.15, -0.1) is 5.10 Å². The maximum Gasteiger partial charge on any atom is 0.252 e. The molecule has 0 saturated carbocycles. The number of aryl methyl sites for hydroxylation is 2. The quantitative estimate of drug-likeness (QED) is 0.250. The summed E-state index contributed by atoms with van der Waals surface area (Å²) in [5.41, 5.74) is 5.77. The lowest BCUT2D eigenvalue weighted by atomic mass is 10.0. The van der Waals surface area contributed by atoms with E-state index in [0.29, 0.717) is 25.2 Å². The molecule has 1 N–H and O–H groups in total. The van der Waals surface area contributed by atoms with Crippen LogP contribution < -0.4 is 19.8 Å². The van der Waals surface area contributed by atoms with E-state index < -0.39 is 0 Å². The molecule has 1 aliphatic rings. The van der Waals surface area contributed by atoms with Crippen LogP contribution in [-0.2, 0) is 19.6 Å². The number of pyridine rings is 1. The number of aromatic nitrogens is 5. The van der Waals surface area contributed by atoms with Crippen molar-refractivity contribution in [1.82, 2.24) is 30.1 Å². The second-order valence-corrected chi connectivity index (χ2v) is 10.7. The maximum atomic E-state index is 13.4. The third kappa shape index (κ3) is 5.45. The SMILES string of the molecule is CC[C@@H](c1nnnn1Cc1ccc(OC)cc1)N(Cc1ccc2c(c1)OCO2)Cc1cc2ccc(C)c(C)c2[nH]c1=O. The van der Waals surface area contributed by atoms with E-state index in [9.17, 15) is 4.79 Å². The molecule has 0 bridgehead atoms. The number of fused-ring (bicyclic) bond motifs is 2. The van der Waals surface area contributed by atoms with Crippen molar-refractivity contribution in [1.29, 1.82) is 0 Å². The van der Waals surface area contributed by atoms with E-state index in [-0.39, 0.29) is 18.4 Å². The summed E-state index contributed by atoms with van der Waals surface area (Å²) in [6, 6.07) is 19.8. The standard InChI is InChI=1S/C32H34N6O4/c1-5-27(31-34-35-36-38(31)17-22-7-11-26(40-4)12-8-22)37(16-23-9-13-28-29(14-23)42-19-41-28)18-25-15-24-10-6-20(2)21(3)30(24)33-32(25)39/h6-15,27H,5,16-19H2,1-4H3,(H,33,39)/t27-/m0/s1. The van der Waals surface area contributed by atoms with Crippen LogP contribution in [0.3, 0.4) is 0 Å². The van der Waals surface area contributed by atoms with Gasteiger partial charge in [-0.25, -0.2) is 4.68 Å². The molecule has 6 rings (SSSR count). The minimum atomic E-state index is -0.168. The first-order chi connectivity index (χ1) is 20.4. The molecule has 2 aromatic heterocycles. The fourth-order valence-electron chi connectivity index (χ4n) is 5.53. The van der Waals surface area contributed by atoms with E-state index in [4.69, 9.17) is 14.2 Å². The van der Waals surface area contributed by atoms with Gasteiger partial charge in [0.1, 0.15) is 5.75 Å². The molecule has 0 spiro atoms. The van der Waals surface area contributed by atoms with E-state index in [2.05, 4.69) is 51.4 Å². The Morgan fingerprint density at radius 1 is 1.00 bits per heavy atom. The van der Waals surface area contributed by atoms with Crippen LogP contribution in [-0.4, -0.2) is 44.0 Å². The van der Waals surface area contributed by atoms with Crippen molar-refractivity contribution in [3.8, 4) is 17.2 Å². The average molecular weight is 567 g/mol. The topological polar surface area (TPSA) is 107 Å². The Morgan fingerprint density at radius 2 is 1.79 bits per heavy atom. The van der Waals surface area contributed by atoms with E-state index in [1.165, 1.54) is 0 Å². The molecule has 216 valence electrons. The number of hydrogen-bond acceptors (Lipinski definition) is 8. The number of H-pyrrole nitrogens is 1. The van der Waals surface area contributed by atoms with Gasteiger partial charge in [-0.2, -0.15) is 0 Å². The van der Waals surface area contributed by atoms with Gasteiger partial charge < -0.3 is 19.2 Å². The molecule has 10 nitrogen and oxygen atoms in total. The highest BCUT2D eigenvalue weighted by molar-refractivity contribution is 5.83. The number of methoxy groups -OCH3 is 1. The van der Waals surface area contributed by atoms with E-state index >= 15 is 0 Å². The van der Waals surface area contributed by atoms with Crippen molar-refractivity contribution < 1.29 is 14.2 Å². The lowest BCUT2D eigenvalue weighted by molar-refractivity contribution is 0.161. The summed E-state index contributed by atoms with van der Waals surface area (Å²) in [4.78, 5) is 18.8. The van der Waals surface area contributed by atoms with Crippen LogP contribution in [0.15, 0.2) is 65.5 Å². The Bertz CT molecular complexity index is 1780. The van der Waals surface area contributed by atoms with Gasteiger partial charge in [0.05, 0.1) is 25.2 Å². The van der Waals surface area contributed by atoms with Gasteiger partial charge in [0.25, 0.3) is 5.56 Å². The number of aromatic amines is 1. The van der Waals surface area contributed by atoms with Gasteiger partial charge in [0.2, 0.25) is 6.79 Å². The van der Waals surface area contributed by atoms with Crippen molar-refractivity contribution in [2.24, 2.45) is 0 Å². The summed E-state index contributed by atoms with van der Waals surface area (Å²) < 4.78 is 18.3. The number of nitrogens with one attached hydrogen (secondary N) is 1. The second-order valence-electron chi connectivity index (χ2n) is 10.7. The number of ether oxygens (including phenoxy) is 3. The summed E-state index contributed by atoms with van der Waals surface area (Å²) in [6.45, 7) is 7.88. The fraction of sp³-hybridized carbons (Fsp3) is 0.312. The van der Waals surface area contributed by atoms with Crippen molar-refractivity contribution >= 4 is 10.9 Å². The Hall–Kier alpha value is -4.70. The Kier molecular flexibility index (Phi) is 7.62. The Labute approximate surface area is 243 Å². The van der Waals surface area contributed by atoms with Crippen molar-refractivity contribution in [2.75, 3.05) is 13.9 Å². The van der Waals surface area contributed by atoms with Gasteiger partial charge in [-0.05, 0) is 88.7 Å². The van der Waals surface area contributed by atoms with Crippen LogP contribution in [0.5, 0.6) is 17.2 Å². The highest BCUT2D eigenvalue weighted by atomic mass is 16.7. The van der Waals surface area contributed by atoms with Gasteiger partial charge in [-0.1, -0.05) is 37.3 Å². The monoisotopic (exact) mass is 566 g/mol. The van der Waals surface area contributed by atoms with Crippen LogP contribution in [0, 0.1) is 13.8 Å². The van der Waals surface area contributed by atoms with Crippen LogP contribution in [0.1, 0.15) is 53.0 Å². The molecule has 42 heavy (non-hydrogen) atoms. The molecule has 1 atom stereocenters. The number of benzene rings is 3. The van der Waals surface area contributed by atoms with Gasteiger partial charge in [0, 0.05) is 18.7 Å². The molecule has 10 heteroatoms. The van der Waals surface area contributed by atoms with Gasteiger partial charge >= 0.3 is 0 Å². The van der Waals surface area contributed by atoms with Crippen molar-refractivity contribution in [3.05, 3.63) is 105 Å². The minimum absolute atomic E-state index is 0.0976. The molecule has 0 radical (unpaired) electrons. The molecular formula is C32H34N6O4. The molecule has 3 heterocycles. The van der Waals surface area contributed by atoms with E-state index in [1.807, 2.05) is 60.1 Å². The van der Waals surface area contributed by atoms with Crippen molar-refractivity contribution in [3.63, 3.8) is 0 Å². The summed E-state index contributed by atoms with van der Waals surface area (Å²) in [5.74, 6) is 2.98. The molecule has 3 aromatic carbocycles. The van der Waals surface area contributed by atoms with E-state index in [0.717, 1.165) is 62.7 Å². The predicted molar refractivity (Wildman–Crippen MR) is 159 cm³/mol. The zero-order chi connectivity index (χ0) is 29.2. The highest BCUT2D eigenvalue weighted by Gasteiger charge is 2.27. The van der Waals surface area contributed by atoms with Crippen LogP contribution in [0.25, 0.3) is 10.9 Å². The average Bonchev–Trinajstić information content (AvgIpc) is 3.66. The Morgan fingerprint density at radius 3 is 2.57 bits per heavy atom. The summed E-state index contributed by atoms with van der Waals surface area (Å²) in [5, 5.41) is 13.9. The number of tetrazole rings is 1. The molecule has 5 aromatic rings. The van der Waals surface area contributed by atoms with Crippen molar-refractivity contribution in [2.45, 2.75) is 52.9 Å². The molecule has 0 fully saturated rings. The first-order valence-corrected chi connectivity index (χ1v) is 14.1. The summed E-state index contributed by atoms with van der Waals surface area (Å²) >= 11 is 0. The molecule has 1 aliphatic heterocycles. The molecule has 0 saturated heterocycles. The van der Waals surface area contributed by atoms with Gasteiger partial charge in [-0.3, -0.25) is 9.69 Å². The predicted octanol–water partition coefficient (Wildman–Crippen LogP) is 5.07. The normalized spacial score (nSPS) is 13.2. The first kappa shape index (κ1) is 27.5. The molecular weight excluding hydrogens is 532 g/mol. The summed E-state index contributed by atoms with van der Waals surface area (Å²) in [7, 11) is 1.65. The number of rotatable bonds is 10. The molecule has 0 amide bonds. The lowest BCUT2D eigenvalue weighted by Gasteiger charge is -2.30. The number of hydrogen-bond donors (Lipinski definition) is 1. The highest BCUT2D eigenvalue weighted by Crippen LogP contribution is 2.34. The largest absolute Gasteiger partial charge is 0.497 e. The zero-order valence-electron chi connectivity index (χ0n) is 24.3. The third-order valence-electron chi connectivity index (χ3n) is 8.00. The third-order valence-corrected chi connectivity index (χ3v) is 8.00. The van der Waals surface area contributed by atoms with E-state index in [1.54, 1.807) is 7.11 Å². The number of nitrogens with zero attached hydrogens (tertiary/aromatic N) is 5. The van der Waals surface area contributed by atoms with Crippen LogP contribution >= 0.6 is 0 Å².